The van der Waals surface area contributed by atoms with Gasteiger partial charge < -0.3 is 15.0 Å². The minimum atomic E-state index is -0.430. The molecule has 1 amide bonds. The largest absolute Gasteiger partial charge is 0.481 e. The summed E-state index contributed by atoms with van der Waals surface area (Å²) < 4.78 is 5.92. The van der Waals surface area contributed by atoms with Gasteiger partial charge in [-0.1, -0.05) is 31.0 Å². The van der Waals surface area contributed by atoms with Gasteiger partial charge in [0.05, 0.1) is 0 Å². The molecule has 1 aromatic rings. The Morgan fingerprint density at radius 1 is 1.24 bits per heavy atom. The SMILES string of the molecule is CNCc1ccccc1OC(C)C(=O)N1CCCCCC1. The summed E-state index contributed by atoms with van der Waals surface area (Å²) in [6.45, 7) is 4.32. The first-order valence-corrected chi connectivity index (χ1v) is 7.90. The highest BCUT2D eigenvalue weighted by Crippen LogP contribution is 2.20. The second kappa shape index (κ2) is 8.03. The third kappa shape index (κ3) is 4.46. The fourth-order valence-electron chi connectivity index (χ4n) is 2.74. The third-order valence-corrected chi connectivity index (χ3v) is 3.91. The lowest BCUT2D eigenvalue weighted by molar-refractivity contribution is -0.137. The van der Waals surface area contributed by atoms with Crippen LogP contribution in [0.4, 0.5) is 0 Å². The summed E-state index contributed by atoms with van der Waals surface area (Å²) in [7, 11) is 1.91. The predicted molar refractivity (Wildman–Crippen MR) is 84.3 cm³/mol. The molecule has 0 saturated carbocycles. The van der Waals surface area contributed by atoms with Crippen LogP contribution in [0.25, 0.3) is 0 Å². The fraction of sp³-hybridized carbons (Fsp3) is 0.588. The molecule has 1 aliphatic rings. The third-order valence-electron chi connectivity index (χ3n) is 3.91. The van der Waals surface area contributed by atoms with E-state index in [0.717, 1.165) is 43.8 Å². The maximum atomic E-state index is 12.5. The van der Waals surface area contributed by atoms with Crippen molar-refractivity contribution in [2.45, 2.75) is 45.3 Å². The number of carbonyl (C=O) groups excluding carboxylic acids is 1. The first-order chi connectivity index (χ1) is 10.2. The van der Waals surface area contributed by atoms with Crippen LogP contribution in [0.5, 0.6) is 5.75 Å². The lowest BCUT2D eigenvalue weighted by atomic mass is 10.2. The van der Waals surface area contributed by atoms with E-state index in [4.69, 9.17) is 4.74 Å². The zero-order valence-electron chi connectivity index (χ0n) is 13.1. The molecule has 1 heterocycles. The lowest BCUT2D eigenvalue weighted by Gasteiger charge is -2.25. The number of rotatable bonds is 5. The first kappa shape index (κ1) is 15.8. The molecule has 0 aliphatic carbocycles. The van der Waals surface area contributed by atoms with E-state index in [-0.39, 0.29) is 5.91 Å². The number of carbonyl (C=O) groups is 1. The van der Waals surface area contributed by atoms with Crippen molar-refractivity contribution >= 4 is 5.91 Å². The molecule has 1 atom stereocenters. The zero-order valence-corrected chi connectivity index (χ0v) is 13.1. The summed E-state index contributed by atoms with van der Waals surface area (Å²) in [4.78, 5) is 14.5. The van der Waals surface area contributed by atoms with Gasteiger partial charge in [0, 0.05) is 25.2 Å². The molecule has 2 rings (SSSR count). The summed E-state index contributed by atoms with van der Waals surface area (Å²) >= 11 is 0. The maximum Gasteiger partial charge on any atom is 0.263 e. The smallest absolute Gasteiger partial charge is 0.263 e. The van der Waals surface area contributed by atoms with E-state index in [2.05, 4.69) is 5.32 Å². The molecule has 4 nitrogen and oxygen atoms in total. The van der Waals surface area contributed by atoms with Crippen LogP contribution >= 0.6 is 0 Å². The van der Waals surface area contributed by atoms with Gasteiger partial charge in [0.25, 0.3) is 5.91 Å². The van der Waals surface area contributed by atoms with Crippen LogP contribution in [0.3, 0.4) is 0 Å². The highest BCUT2D eigenvalue weighted by molar-refractivity contribution is 5.81. The highest BCUT2D eigenvalue weighted by atomic mass is 16.5. The number of likely N-dealkylation sites (tertiary alicyclic amines) is 1. The zero-order chi connectivity index (χ0) is 15.1. The van der Waals surface area contributed by atoms with Crippen molar-refractivity contribution in [3.8, 4) is 5.75 Å². The van der Waals surface area contributed by atoms with Crippen LogP contribution in [0, 0.1) is 0 Å². The standard InChI is InChI=1S/C17H26N2O2/c1-14(17(20)19-11-7-3-4-8-12-19)21-16-10-6-5-9-15(16)13-18-2/h5-6,9-10,14,18H,3-4,7-8,11-13H2,1-2H3. The molecule has 1 unspecified atom stereocenters. The number of ether oxygens (including phenoxy) is 1. The van der Waals surface area contributed by atoms with Crippen molar-refractivity contribution in [1.82, 2.24) is 10.2 Å². The number of hydrogen-bond acceptors (Lipinski definition) is 3. The molecule has 1 saturated heterocycles. The van der Waals surface area contributed by atoms with E-state index in [9.17, 15) is 4.79 Å². The van der Waals surface area contributed by atoms with Crippen LogP contribution < -0.4 is 10.1 Å². The van der Waals surface area contributed by atoms with Gasteiger partial charge in [-0.3, -0.25) is 4.79 Å². The number of para-hydroxylation sites is 1. The Labute approximate surface area is 127 Å². The summed E-state index contributed by atoms with van der Waals surface area (Å²) in [5, 5.41) is 3.12. The van der Waals surface area contributed by atoms with Gasteiger partial charge in [0.1, 0.15) is 5.75 Å². The molecule has 1 aromatic carbocycles. The van der Waals surface area contributed by atoms with Crippen LogP contribution in [0.15, 0.2) is 24.3 Å². The van der Waals surface area contributed by atoms with Crippen molar-refractivity contribution in [3.05, 3.63) is 29.8 Å². The van der Waals surface area contributed by atoms with Crippen LogP contribution in [-0.4, -0.2) is 37.0 Å². The predicted octanol–water partition coefficient (Wildman–Crippen LogP) is 2.58. The number of benzene rings is 1. The summed E-state index contributed by atoms with van der Waals surface area (Å²) in [5.74, 6) is 0.902. The molecule has 0 spiro atoms. The Balaban J connectivity index is 1.99. The van der Waals surface area contributed by atoms with Gasteiger partial charge in [0.2, 0.25) is 0 Å². The molecule has 21 heavy (non-hydrogen) atoms. The second-order valence-electron chi connectivity index (χ2n) is 5.64. The van der Waals surface area contributed by atoms with Crippen molar-refractivity contribution in [2.75, 3.05) is 20.1 Å². The van der Waals surface area contributed by atoms with Crippen molar-refractivity contribution in [3.63, 3.8) is 0 Å². The normalized spacial score (nSPS) is 17.1. The van der Waals surface area contributed by atoms with E-state index >= 15 is 0 Å². The Hall–Kier alpha value is -1.55. The fourth-order valence-corrected chi connectivity index (χ4v) is 2.74. The van der Waals surface area contributed by atoms with Crippen LogP contribution in [0.1, 0.15) is 38.2 Å². The van der Waals surface area contributed by atoms with Crippen LogP contribution in [-0.2, 0) is 11.3 Å². The van der Waals surface area contributed by atoms with E-state index < -0.39 is 6.10 Å². The second-order valence-corrected chi connectivity index (χ2v) is 5.64. The summed E-state index contributed by atoms with van der Waals surface area (Å²) in [6.07, 6.45) is 4.23. The molecular weight excluding hydrogens is 264 g/mol. The van der Waals surface area contributed by atoms with E-state index in [1.54, 1.807) is 0 Å². The molecule has 0 radical (unpaired) electrons. The average Bonchev–Trinajstić information content (AvgIpc) is 2.78. The van der Waals surface area contributed by atoms with E-state index in [1.165, 1.54) is 12.8 Å². The topological polar surface area (TPSA) is 41.6 Å². The molecule has 0 bridgehead atoms. The molecule has 4 heteroatoms. The first-order valence-electron chi connectivity index (χ1n) is 7.90. The Morgan fingerprint density at radius 3 is 2.57 bits per heavy atom. The van der Waals surface area contributed by atoms with E-state index in [0.29, 0.717) is 0 Å². The average molecular weight is 290 g/mol. The highest BCUT2D eigenvalue weighted by Gasteiger charge is 2.23. The number of nitrogens with zero attached hydrogens (tertiary/aromatic N) is 1. The van der Waals surface area contributed by atoms with E-state index in [1.807, 2.05) is 43.1 Å². The lowest BCUT2D eigenvalue weighted by Crippen LogP contribution is -2.41. The van der Waals surface area contributed by atoms with Gasteiger partial charge in [0.15, 0.2) is 6.10 Å². The molecule has 116 valence electrons. The van der Waals surface area contributed by atoms with Gasteiger partial charge in [-0.25, -0.2) is 0 Å². The summed E-state index contributed by atoms with van der Waals surface area (Å²) in [6, 6.07) is 7.88. The monoisotopic (exact) mass is 290 g/mol. The quantitative estimate of drug-likeness (QED) is 0.906. The van der Waals surface area contributed by atoms with Crippen molar-refractivity contribution < 1.29 is 9.53 Å². The number of hydrogen-bond donors (Lipinski definition) is 1. The number of nitrogens with one attached hydrogen (secondary N) is 1. The minimum absolute atomic E-state index is 0.108. The Kier molecular flexibility index (Phi) is 6.05. The Morgan fingerprint density at radius 2 is 1.90 bits per heavy atom. The van der Waals surface area contributed by atoms with Gasteiger partial charge in [-0.2, -0.15) is 0 Å². The van der Waals surface area contributed by atoms with Gasteiger partial charge in [-0.05, 0) is 32.9 Å². The number of amides is 1. The van der Waals surface area contributed by atoms with Crippen molar-refractivity contribution in [2.24, 2.45) is 0 Å². The van der Waals surface area contributed by atoms with Crippen LogP contribution in [0.2, 0.25) is 0 Å². The molecule has 1 fully saturated rings. The Bertz CT molecular complexity index is 454. The summed E-state index contributed by atoms with van der Waals surface area (Å²) in [5.41, 5.74) is 1.08. The molecule has 0 aromatic heterocycles. The minimum Gasteiger partial charge on any atom is -0.481 e. The molecule has 1 aliphatic heterocycles. The maximum absolute atomic E-state index is 12.5. The van der Waals surface area contributed by atoms with Gasteiger partial charge >= 0.3 is 0 Å². The van der Waals surface area contributed by atoms with Crippen molar-refractivity contribution in [1.29, 1.82) is 0 Å². The molecular formula is C17H26N2O2. The molecule has 1 N–H and O–H groups in total. The van der Waals surface area contributed by atoms with Gasteiger partial charge in [-0.15, -0.1) is 0 Å².